The normalized spacial score (nSPS) is 11.3. The minimum absolute atomic E-state index is 0.169. The number of rotatable bonds is 6. The molecule has 0 saturated carbocycles. The topological polar surface area (TPSA) is 81.7 Å². The molecule has 0 aliphatic carbocycles. The highest BCUT2D eigenvalue weighted by Crippen LogP contribution is 2.15. The van der Waals surface area contributed by atoms with Gasteiger partial charge in [0.15, 0.2) is 6.04 Å². The second-order valence-corrected chi connectivity index (χ2v) is 4.38. The van der Waals surface area contributed by atoms with Crippen molar-refractivity contribution >= 4 is 18.0 Å². The Hall–Kier alpha value is -2.37. The molecule has 0 radical (unpaired) electrons. The first-order chi connectivity index (χ1) is 10.1. The Morgan fingerprint density at radius 2 is 1.86 bits per heavy atom. The van der Waals surface area contributed by atoms with Gasteiger partial charge in [-0.05, 0) is 12.0 Å². The van der Waals surface area contributed by atoms with Crippen molar-refractivity contribution in [2.45, 2.75) is 32.2 Å². The number of benzene rings is 1. The summed E-state index contributed by atoms with van der Waals surface area (Å²) in [6.45, 7) is 1.93. The second kappa shape index (κ2) is 8.73. The molecule has 0 aliphatic rings. The molecular weight excluding hydrogens is 274 g/mol. The van der Waals surface area contributed by atoms with E-state index in [9.17, 15) is 14.4 Å². The van der Waals surface area contributed by atoms with Gasteiger partial charge in [0.05, 0.1) is 7.11 Å². The summed E-state index contributed by atoms with van der Waals surface area (Å²) in [6, 6.07) is 7.43. The number of alkyl carbamates (subject to hydrolysis) is 1. The molecule has 0 unspecified atom stereocenters. The fraction of sp³-hybridized carbons (Fsp3) is 0.400. The molecule has 1 aromatic carbocycles. The SMILES string of the molecule is CCCCC(=O)OC(=O)[C@H](NC(=O)OC)c1ccccc1. The van der Waals surface area contributed by atoms with Crippen LogP contribution >= 0.6 is 0 Å². The highest BCUT2D eigenvalue weighted by atomic mass is 16.6. The lowest BCUT2D eigenvalue weighted by atomic mass is 10.1. The van der Waals surface area contributed by atoms with Gasteiger partial charge < -0.3 is 14.8 Å². The fourth-order valence-electron chi connectivity index (χ4n) is 1.64. The lowest BCUT2D eigenvalue weighted by molar-refractivity contribution is -0.161. The van der Waals surface area contributed by atoms with Crippen molar-refractivity contribution in [3.63, 3.8) is 0 Å². The van der Waals surface area contributed by atoms with Crippen LogP contribution in [0, 0.1) is 0 Å². The number of carbonyl (C=O) groups is 3. The molecule has 0 fully saturated rings. The number of esters is 2. The average molecular weight is 293 g/mol. The van der Waals surface area contributed by atoms with Gasteiger partial charge in [-0.2, -0.15) is 0 Å². The van der Waals surface area contributed by atoms with E-state index in [0.717, 1.165) is 6.42 Å². The Morgan fingerprint density at radius 1 is 1.19 bits per heavy atom. The number of unbranched alkanes of at least 4 members (excludes halogenated alkanes) is 1. The van der Waals surface area contributed by atoms with E-state index in [-0.39, 0.29) is 6.42 Å². The largest absolute Gasteiger partial charge is 0.453 e. The number of carbonyl (C=O) groups excluding carboxylic acids is 3. The van der Waals surface area contributed by atoms with Crippen LogP contribution in [0.15, 0.2) is 30.3 Å². The predicted octanol–water partition coefficient (Wildman–Crippen LogP) is 2.34. The van der Waals surface area contributed by atoms with Crippen molar-refractivity contribution in [2.24, 2.45) is 0 Å². The third-order valence-electron chi connectivity index (χ3n) is 2.77. The predicted molar refractivity (Wildman–Crippen MR) is 75.3 cm³/mol. The lowest BCUT2D eigenvalue weighted by Crippen LogP contribution is -2.35. The summed E-state index contributed by atoms with van der Waals surface area (Å²) >= 11 is 0. The third kappa shape index (κ3) is 5.64. The van der Waals surface area contributed by atoms with Gasteiger partial charge in [-0.15, -0.1) is 0 Å². The van der Waals surface area contributed by atoms with Gasteiger partial charge in [-0.3, -0.25) is 4.79 Å². The summed E-state index contributed by atoms with van der Waals surface area (Å²) in [5, 5.41) is 2.36. The zero-order valence-electron chi connectivity index (χ0n) is 12.1. The minimum atomic E-state index is -1.08. The van der Waals surface area contributed by atoms with Crippen LogP contribution in [0.1, 0.15) is 37.8 Å². The molecular formula is C15H19NO5. The molecule has 114 valence electrons. The van der Waals surface area contributed by atoms with Gasteiger partial charge in [0.25, 0.3) is 0 Å². The lowest BCUT2D eigenvalue weighted by Gasteiger charge is -2.16. The quantitative estimate of drug-likeness (QED) is 0.643. The molecule has 1 rings (SSSR count). The van der Waals surface area contributed by atoms with E-state index in [1.165, 1.54) is 7.11 Å². The van der Waals surface area contributed by atoms with Gasteiger partial charge >= 0.3 is 18.0 Å². The first kappa shape index (κ1) is 16.7. The van der Waals surface area contributed by atoms with E-state index >= 15 is 0 Å². The van der Waals surface area contributed by atoms with Gasteiger partial charge in [0, 0.05) is 6.42 Å². The van der Waals surface area contributed by atoms with Crippen molar-refractivity contribution in [3.8, 4) is 0 Å². The Kier molecular flexibility index (Phi) is 6.94. The summed E-state index contributed by atoms with van der Waals surface area (Å²) in [4.78, 5) is 34.9. The highest BCUT2D eigenvalue weighted by Gasteiger charge is 2.26. The maximum Gasteiger partial charge on any atom is 0.407 e. The summed E-state index contributed by atoms with van der Waals surface area (Å²) in [6.07, 6.45) is 0.863. The molecule has 0 aromatic heterocycles. The number of amides is 1. The van der Waals surface area contributed by atoms with E-state index < -0.39 is 24.1 Å². The first-order valence-corrected chi connectivity index (χ1v) is 6.72. The summed E-state index contributed by atoms with van der Waals surface area (Å²) in [7, 11) is 1.19. The van der Waals surface area contributed by atoms with E-state index in [1.54, 1.807) is 30.3 Å². The van der Waals surface area contributed by atoms with Crippen LogP contribution in [0.5, 0.6) is 0 Å². The van der Waals surface area contributed by atoms with E-state index in [0.29, 0.717) is 12.0 Å². The Bertz CT molecular complexity index is 486. The molecule has 21 heavy (non-hydrogen) atoms. The van der Waals surface area contributed by atoms with Crippen LogP contribution in [0.25, 0.3) is 0 Å². The summed E-state index contributed by atoms with van der Waals surface area (Å²) < 4.78 is 9.25. The van der Waals surface area contributed by atoms with Crippen molar-refractivity contribution < 1.29 is 23.9 Å². The van der Waals surface area contributed by atoms with Crippen LogP contribution in [0.2, 0.25) is 0 Å². The molecule has 1 aromatic rings. The number of hydrogen-bond donors (Lipinski definition) is 1. The van der Waals surface area contributed by atoms with E-state index in [4.69, 9.17) is 4.74 Å². The Balaban J connectivity index is 2.79. The molecule has 1 N–H and O–H groups in total. The van der Waals surface area contributed by atoms with Crippen LogP contribution in [0.4, 0.5) is 4.79 Å². The molecule has 1 amide bonds. The third-order valence-corrected chi connectivity index (χ3v) is 2.77. The summed E-state index contributed by atoms with van der Waals surface area (Å²) in [5.74, 6) is -1.43. The molecule has 6 heteroatoms. The van der Waals surface area contributed by atoms with Crippen LogP contribution in [-0.2, 0) is 19.1 Å². The van der Waals surface area contributed by atoms with Gasteiger partial charge in [0.1, 0.15) is 0 Å². The number of hydrogen-bond acceptors (Lipinski definition) is 5. The average Bonchev–Trinajstić information content (AvgIpc) is 2.50. The van der Waals surface area contributed by atoms with E-state index in [1.807, 2.05) is 6.92 Å². The number of methoxy groups -OCH3 is 1. The monoisotopic (exact) mass is 293 g/mol. The second-order valence-electron chi connectivity index (χ2n) is 4.38. The minimum Gasteiger partial charge on any atom is -0.453 e. The van der Waals surface area contributed by atoms with Crippen molar-refractivity contribution in [3.05, 3.63) is 35.9 Å². The fourth-order valence-corrected chi connectivity index (χ4v) is 1.64. The highest BCUT2D eigenvalue weighted by molar-refractivity contribution is 5.91. The number of ether oxygens (including phenoxy) is 2. The van der Waals surface area contributed by atoms with Crippen LogP contribution in [0.3, 0.4) is 0 Å². The molecule has 0 saturated heterocycles. The van der Waals surface area contributed by atoms with Crippen molar-refractivity contribution in [2.75, 3.05) is 7.11 Å². The van der Waals surface area contributed by atoms with Gasteiger partial charge in [0.2, 0.25) is 0 Å². The first-order valence-electron chi connectivity index (χ1n) is 6.72. The number of nitrogens with one attached hydrogen (secondary N) is 1. The zero-order valence-corrected chi connectivity index (χ0v) is 12.1. The van der Waals surface area contributed by atoms with Crippen molar-refractivity contribution in [1.82, 2.24) is 5.32 Å². The standard InChI is InChI=1S/C15H19NO5/c1-3-4-10-12(17)21-14(18)13(16-15(19)20-2)11-8-6-5-7-9-11/h5-9,13H,3-4,10H2,1-2H3,(H,16,19)/t13-/m1/s1. The molecule has 0 spiro atoms. The van der Waals surface area contributed by atoms with Gasteiger partial charge in [-0.1, -0.05) is 43.7 Å². The molecule has 0 bridgehead atoms. The Morgan fingerprint density at radius 3 is 2.43 bits per heavy atom. The maximum absolute atomic E-state index is 12.1. The molecule has 0 heterocycles. The molecule has 6 nitrogen and oxygen atoms in total. The van der Waals surface area contributed by atoms with Crippen LogP contribution < -0.4 is 5.32 Å². The Labute approximate surface area is 123 Å². The van der Waals surface area contributed by atoms with E-state index in [2.05, 4.69) is 10.1 Å². The molecule has 1 atom stereocenters. The summed E-state index contributed by atoms with van der Waals surface area (Å²) in [5.41, 5.74) is 0.510. The molecule has 0 aliphatic heterocycles. The van der Waals surface area contributed by atoms with Gasteiger partial charge in [-0.25, -0.2) is 9.59 Å². The van der Waals surface area contributed by atoms with Crippen LogP contribution in [-0.4, -0.2) is 25.1 Å². The smallest absolute Gasteiger partial charge is 0.407 e. The van der Waals surface area contributed by atoms with Crippen molar-refractivity contribution in [1.29, 1.82) is 0 Å². The maximum atomic E-state index is 12.1. The zero-order chi connectivity index (χ0) is 15.7.